The van der Waals surface area contributed by atoms with Crippen molar-refractivity contribution in [1.29, 1.82) is 0 Å². The Hall–Kier alpha value is -1.99. The second kappa shape index (κ2) is 7.52. The third kappa shape index (κ3) is 4.74. The van der Waals surface area contributed by atoms with Crippen molar-refractivity contribution < 1.29 is 0 Å². The van der Waals surface area contributed by atoms with Crippen molar-refractivity contribution in [2.45, 2.75) is 0 Å². The molecule has 0 saturated heterocycles. The fourth-order valence-electron chi connectivity index (χ4n) is 2.11. The summed E-state index contributed by atoms with van der Waals surface area (Å²) < 4.78 is 4.91. The maximum absolute atomic E-state index is 4.91. The summed E-state index contributed by atoms with van der Waals surface area (Å²) in [6.07, 6.45) is 0. The number of nitrogens with zero attached hydrogens (tertiary/aromatic N) is 1. The van der Waals surface area contributed by atoms with Crippen molar-refractivity contribution in [2.24, 2.45) is 4.74 Å². The SMILES string of the molecule is [Se-]P(=Nc1ccccc1)(Nc1ccccc1)Nc1ccccc1. The molecular formula is C18H17N3PSe-. The van der Waals surface area contributed by atoms with E-state index in [-0.39, 0.29) is 0 Å². The molecule has 0 radical (unpaired) electrons. The Labute approximate surface area is 144 Å². The van der Waals surface area contributed by atoms with E-state index in [0.29, 0.717) is 0 Å². The molecule has 0 heterocycles. The van der Waals surface area contributed by atoms with Crippen LogP contribution in [-0.4, -0.2) is 15.6 Å². The van der Waals surface area contributed by atoms with Gasteiger partial charge >= 0.3 is 145 Å². The minimum absolute atomic E-state index is 0.937. The Morgan fingerprint density at radius 1 is 0.609 bits per heavy atom. The Morgan fingerprint density at radius 3 is 1.43 bits per heavy atom. The molecule has 0 aromatic heterocycles. The number of para-hydroxylation sites is 2. The van der Waals surface area contributed by atoms with Crippen molar-refractivity contribution in [3.8, 4) is 0 Å². The van der Waals surface area contributed by atoms with E-state index in [2.05, 4.69) is 25.7 Å². The zero-order chi connectivity index (χ0) is 16.0. The van der Waals surface area contributed by atoms with Gasteiger partial charge < -0.3 is 0 Å². The molecule has 0 saturated carbocycles. The first-order valence-electron chi connectivity index (χ1n) is 7.29. The Kier molecular flexibility index (Phi) is 5.19. The number of nitrogens with one attached hydrogen (secondary N) is 2. The number of hydrogen-bond donors (Lipinski definition) is 2. The molecule has 0 aliphatic heterocycles. The van der Waals surface area contributed by atoms with E-state index >= 15 is 0 Å². The Bertz CT molecular complexity index is 747. The molecule has 5 heteroatoms. The van der Waals surface area contributed by atoms with Crippen LogP contribution in [0.1, 0.15) is 0 Å². The molecular weight excluding hydrogens is 368 g/mol. The molecule has 0 unspecified atom stereocenters. The van der Waals surface area contributed by atoms with E-state index in [4.69, 9.17) is 4.74 Å². The normalized spacial score (nSPS) is 10.8. The van der Waals surface area contributed by atoms with Crippen LogP contribution in [0.15, 0.2) is 95.7 Å². The third-order valence-electron chi connectivity index (χ3n) is 3.12. The molecule has 0 bridgehead atoms. The fraction of sp³-hybridized carbons (Fsp3) is 0. The van der Waals surface area contributed by atoms with E-state index in [1.807, 2.05) is 91.0 Å². The molecule has 2 N–H and O–H groups in total. The molecule has 3 aromatic rings. The van der Waals surface area contributed by atoms with Gasteiger partial charge in [-0.1, -0.05) is 0 Å². The van der Waals surface area contributed by atoms with Crippen LogP contribution in [0.5, 0.6) is 0 Å². The summed E-state index contributed by atoms with van der Waals surface area (Å²) in [6.45, 7) is 0. The van der Waals surface area contributed by atoms with E-state index in [9.17, 15) is 0 Å². The molecule has 0 aliphatic rings. The molecule has 0 fully saturated rings. The summed E-state index contributed by atoms with van der Waals surface area (Å²) in [6, 6.07) is 28.1. The summed E-state index contributed by atoms with van der Waals surface area (Å²) in [4.78, 5) is 0. The summed E-state index contributed by atoms with van der Waals surface area (Å²) in [5.74, 6) is 0. The van der Waals surface area contributed by atoms with Gasteiger partial charge in [-0.2, -0.15) is 0 Å². The van der Waals surface area contributed by atoms with Crippen LogP contribution in [0.4, 0.5) is 17.1 Å². The quantitative estimate of drug-likeness (QED) is 0.439. The molecule has 23 heavy (non-hydrogen) atoms. The topological polar surface area (TPSA) is 36.4 Å². The predicted octanol–water partition coefficient (Wildman–Crippen LogP) is 5.66. The number of hydrogen-bond acceptors (Lipinski definition) is 1. The van der Waals surface area contributed by atoms with Gasteiger partial charge in [-0.3, -0.25) is 0 Å². The maximum atomic E-state index is 4.91. The van der Waals surface area contributed by atoms with Gasteiger partial charge in [0, 0.05) is 0 Å². The molecule has 3 nitrogen and oxygen atoms in total. The van der Waals surface area contributed by atoms with E-state index in [1.165, 1.54) is 0 Å². The summed E-state index contributed by atoms with van der Waals surface area (Å²) in [5.41, 5.74) is 3.00. The first-order chi connectivity index (χ1) is 11.2. The van der Waals surface area contributed by atoms with Crippen LogP contribution in [-0.2, 0) is 0 Å². The van der Waals surface area contributed by atoms with Crippen molar-refractivity contribution in [2.75, 3.05) is 10.2 Å². The second-order valence-electron chi connectivity index (χ2n) is 4.97. The number of rotatable bonds is 5. The molecule has 0 aliphatic carbocycles. The predicted molar refractivity (Wildman–Crippen MR) is 101 cm³/mol. The summed E-state index contributed by atoms with van der Waals surface area (Å²) in [7, 11) is 0. The van der Waals surface area contributed by atoms with Crippen LogP contribution in [0.2, 0.25) is 0 Å². The second-order valence-corrected chi connectivity index (χ2v) is 10.1. The molecule has 116 valence electrons. The van der Waals surface area contributed by atoms with Crippen molar-refractivity contribution in [3.63, 3.8) is 0 Å². The summed E-state index contributed by atoms with van der Waals surface area (Å²) in [5, 5.41) is 7.06. The van der Waals surface area contributed by atoms with Gasteiger partial charge in [-0.05, 0) is 0 Å². The van der Waals surface area contributed by atoms with E-state index in [1.54, 1.807) is 0 Å². The van der Waals surface area contributed by atoms with Gasteiger partial charge in [-0.15, -0.1) is 0 Å². The van der Waals surface area contributed by atoms with Gasteiger partial charge in [-0.25, -0.2) is 0 Å². The summed E-state index contributed by atoms with van der Waals surface area (Å²) >= 11 is 3.26. The average Bonchev–Trinajstić information content (AvgIpc) is 2.57. The molecule has 0 amide bonds. The standard InChI is InChI=1S/C18H17N3PSe/c23-22(19-16-10-4-1-5-11-16,20-17-12-6-2-7-13-17)21-18-14-8-3-9-15-18/h1-15,19-20H/q-1. The van der Waals surface area contributed by atoms with Crippen LogP contribution >= 0.6 is 6.05 Å². The average molecular weight is 385 g/mol. The monoisotopic (exact) mass is 386 g/mol. The van der Waals surface area contributed by atoms with Crippen molar-refractivity contribution in [3.05, 3.63) is 91.0 Å². The van der Waals surface area contributed by atoms with Gasteiger partial charge in [0.2, 0.25) is 0 Å². The van der Waals surface area contributed by atoms with Gasteiger partial charge in [0.25, 0.3) is 0 Å². The van der Waals surface area contributed by atoms with Crippen LogP contribution < -0.4 is 10.2 Å². The molecule has 0 spiro atoms. The first-order valence-corrected chi connectivity index (χ1v) is 11.2. The van der Waals surface area contributed by atoms with Crippen LogP contribution in [0, 0.1) is 0 Å². The van der Waals surface area contributed by atoms with Crippen LogP contribution in [0.3, 0.4) is 0 Å². The van der Waals surface area contributed by atoms with Gasteiger partial charge in [0.1, 0.15) is 0 Å². The first kappa shape index (κ1) is 15.9. The molecule has 3 rings (SSSR count). The third-order valence-corrected chi connectivity index (χ3v) is 6.42. The molecule has 3 aromatic carbocycles. The Morgan fingerprint density at radius 2 is 1.00 bits per heavy atom. The van der Waals surface area contributed by atoms with E-state index in [0.717, 1.165) is 17.1 Å². The minimum atomic E-state index is -2.14. The van der Waals surface area contributed by atoms with Gasteiger partial charge in [0.05, 0.1) is 0 Å². The number of anilines is 2. The van der Waals surface area contributed by atoms with Crippen LogP contribution in [0.25, 0.3) is 0 Å². The zero-order valence-corrected chi connectivity index (χ0v) is 15.1. The van der Waals surface area contributed by atoms with Crippen molar-refractivity contribution in [1.82, 2.24) is 0 Å². The fourth-order valence-corrected chi connectivity index (χ4v) is 5.64. The van der Waals surface area contributed by atoms with Crippen molar-refractivity contribution >= 4 is 38.7 Å². The van der Waals surface area contributed by atoms with Gasteiger partial charge in [0.15, 0.2) is 0 Å². The zero-order valence-electron chi connectivity index (χ0n) is 12.5. The number of benzene rings is 3. The van der Waals surface area contributed by atoms with E-state index < -0.39 is 6.05 Å². The Balaban J connectivity index is 1.97. The molecule has 0 atom stereocenters.